The molecule has 0 bridgehead atoms. The SMILES string of the molecule is CCCCN1C(=O)[C@@](O)(CC(=O)c2ccc(Cl)s2)c2ccccc21. The number of unbranched alkanes of at least 4 members (excludes halogenated alkanes) is 1. The van der Waals surface area contributed by atoms with Gasteiger partial charge in [-0.15, -0.1) is 11.3 Å². The molecule has 1 amide bonds. The van der Waals surface area contributed by atoms with Crippen LogP contribution in [0.15, 0.2) is 36.4 Å². The number of hydrogen-bond donors (Lipinski definition) is 1. The molecule has 0 saturated heterocycles. The van der Waals surface area contributed by atoms with E-state index in [-0.39, 0.29) is 12.2 Å². The van der Waals surface area contributed by atoms with Crippen molar-refractivity contribution in [2.45, 2.75) is 31.8 Å². The number of Topliss-reactive ketones (excluding diaryl/α,β-unsaturated/α-hetero) is 1. The summed E-state index contributed by atoms with van der Waals surface area (Å²) in [5.41, 5.74) is -0.615. The predicted octanol–water partition coefficient (Wildman–Crippen LogP) is 4.01. The average Bonchev–Trinajstić information content (AvgIpc) is 3.09. The minimum absolute atomic E-state index is 0.275. The third-order valence-corrected chi connectivity index (χ3v) is 5.51. The van der Waals surface area contributed by atoms with E-state index in [0.717, 1.165) is 24.2 Å². The number of anilines is 1. The highest BCUT2D eigenvalue weighted by atomic mass is 35.5. The second-order valence-corrected chi connectivity index (χ2v) is 7.61. The summed E-state index contributed by atoms with van der Waals surface area (Å²) in [6.45, 7) is 2.58. The summed E-state index contributed by atoms with van der Waals surface area (Å²) < 4.78 is 0.507. The van der Waals surface area contributed by atoms with Gasteiger partial charge in [-0.05, 0) is 24.6 Å². The van der Waals surface area contributed by atoms with Gasteiger partial charge in [-0.2, -0.15) is 0 Å². The molecule has 0 unspecified atom stereocenters. The van der Waals surface area contributed by atoms with Crippen LogP contribution in [-0.2, 0) is 10.4 Å². The average molecular weight is 364 g/mol. The first-order valence-electron chi connectivity index (χ1n) is 7.89. The van der Waals surface area contributed by atoms with Crippen molar-refractivity contribution in [2.24, 2.45) is 0 Å². The molecule has 2 heterocycles. The Bertz CT molecular complexity index is 788. The van der Waals surface area contributed by atoms with Crippen LogP contribution in [0.5, 0.6) is 0 Å². The molecule has 1 N–H and O–H groups in total. The molecule has 4 nitrogen and oxygen atoms in total. The van der Waals surface area contributed by atoms with Crippen molar-refractivity contribution in [3.63, 3.8) is 0 Å². The number of carbonyl (C=O) groups excluding carboxylic acids is 2. The fraction of sp³-hybridized carbons (Fsp3) is 0.333. The topological polar surface area (TPSA) is 57.6 Å². The number of para-hydroxylation sites is 1. The quantitative estimate of drug-likeness (QED) is 0.789. The van der Waals surface area contributed by atoms with Crippen molar-refractivity contribution in [2.75, 3.05) is 11.4 Å². The van der Waals surface area contributed by atoms with Crippen molar-refractivity contribution in [1.29, 1.82) is 0 Å². The van der Waals surface area contributed by atoms with E-state index in [2.05, 4.69) is 0 Å². The Hall–Kier alpha value is -1.69. The molecule has 1 aromatic heterocycles. The standard InChI is InChI=1S/C18H18ClNO3S/c1-2-3-10-20-13-7-5-4-6-12(13)18(23,17(20)22)11-14(21)15-8-9-16(19)24-15/h4-9,23H,2-3,10-11H2,1H3/t18-/m1/s1. The summed E-state index contributed by atoms with van der Waals surface area (Å²) in [6.07, 6.45) is 1.50. The smallest absolute Gasteiger partial charge is 0.264 e. The van der Waals surface area contributed by atoms with E-state index < -0.39 is 11.5 Å². The molecule has 126 valence electrons. The van der Waals surface area contributed by atoms with Gasteiger partial charge < -0.3 is 10.0 Å². The van der Waals surface area contributed by atoms with Gasteiger partial charge in [0.1, 0.15) is 0 Å². The highest BCUT2D eigenvalue weighted by Crippen LogP contribution is 2.43. The maximum absolute atomic E-state index is 12.9. The summed E-state index contributed by atoms with van der Waals surface area (Å²) in [7, 11) is 0. The second-order valence-electron chi connectivity index (χ2n) is 5.89. The highest BCUT2D eigenvalue weighted by molar-refractivity contribution is 7.18. The van der Waals surface area contributed by atoms with Crippen molar-refractivity contribution in [1.82, 2.24) is 0 Å². The van der Waals surface area contributed by atoms with Crippen molar-refractivity contribution in [3.8, 4) is 0 Å². The van der Waals surface area contributed by atoms with E-state index in [4.69, 9.17) is 11.6 Å². The first-order valence-corrected chi connectivity index (χ1v) is 9.09. The summed E-state index contributed by atoms with van der Waals surface area (Å²) in [6, 6.07) is 10.4. The number of halogens is 1. The number of rotatable bonds is 6. The third kappa shape index (κ3) is 2.88. The van der Waals surface area contributed by atoms with Crippen LogP contribution >= 0.6 is 22.9 Å². The number of thiophene rings is 1. The number of ketones is 1. The Morgan fingerprint density at radius 3 is 2.71 bits per heavy atom. The van der Waals surface area contributed by atoms with Gasteiger partial charge in [-0.1, -0.05) is 43.1 Å². The van der Waals surface area contributed by atoms with Gasteiger partial charge in [0.05, 0.1) is 21.3 Å². The van der Waals surface area contributed by atoms with Crippen molar-refractivity contribution in [3.05, 3.63) is 51.2 Å². The number of amides is 1. The fourth-order valence-corrected chi connectivity index (χ4v) is 3.98. The first-order chi connectivity index (χ1) is 11.5. The number of carbonyl (C=O) groups is 2. The normalized spacial score (nSPS) is 19.6. The van der Waals surface area contributed by atoms with E-state index in [9.17, 15) is 14.7 Å². The van der Waals surface area contributed by atoms with Gasteiger partial charge in [0.15, 0.2) is 11.4 Å². The Balaban J connectivity index is 1.93. The molecule has 1 aliphatic rings. The van der Waals surface area contributed by atoms with E-state index >= 15 is 0 Å². The summed E-state index contributed by atoms with van der Waals surface area (Å²) in [4.78, 5) is 27.4. The van der Waals surface area contributed by atoms with Gasteiger partial charge >= 0.3 is 0 Å². The lowest BCUT2D eigenvalue weighted by molar-refractivity contribution is -0.135. The maximum atomic E-state index is 12.9. The van der Waals surface area contributed by atoms with E-state index in [1.807, 2.05) is 19.1 Å². The third-order valence-electron chi connectivity index (χ3n) is 4.24. The molecule has 24 heavy (non-hydrogen) atoms. The van der Waals surface area contributed by atoms with Crippen molar-refractivity contribution < 1.29 is 14.7 Å². The highest BCUT2D eigenvalue weighted by Gasteiger charge is 2.50. The van der Waals surface area contributed by atoms with Crippen LogP contribution < -0.4 is 4.90 Å². The minimum atomic E-state index is -1.81. The van der Waals surface area contributed by atoms with Crippen LogP contribution in [0.4, 0.5) is 5.69 Å². The van der Waals surface area contributed by atoms with E-state index in [0.29, 0.717) is 27.0 Å². The Morgan fingerprint density at radius 2 is 2.04 bits per heavy atom. The van der Waals surface area contributed by atoms with Crippen LogP contribution in [0.25, 0.3) is 0 Å². The second kappa shape index (κ2) is 6.67. The fourth-order valence-electron chi connectivity index (χ4n) is 3.00. The van der Waals surface area contributed by atoms with Crippen LogP contribution in [-0.4, -0.2) is 23.3 Å². The lowest BCUT2D eigenvalue weighted by Crippen LogP contribution is -2.42. The maximum Gasteiger partial charge on any atom is 0.264 e. The summed E-state index contributed by atoms with van der Waals surface area (Å²) in [5.74, 6) is -0.706. The van der Waals surface area contributed by atoms with E-state index in [1.165, 1.54) is 0 Å². The molecule has 0 fully saturated rings. The van der Waals surface area contributed by atoms with E-state index in [1.54, 1.807) is 29.2 Å². The summed E-state index contributed by atoms with van der Waals surface area (Å²) in [5, 5.41) is 11.1. The molecule has 0 saturated carbocycles. The number of benzene rings is 1. The molecule has 0 spiro atoms. The Morgan fingerprint density at radius 1 is 1.29 bits per heavy atom. The Kier molecular flexibility index (Phi) is 4.76. The van der Waals surface area contributed by atoms with Crippen LogP contribution in [0, 0.1) is 0 Å². The lowest BCUT2D eigenvalue weighted by Gasteiger charge is -2.22. The molecule has 1 atom stereocenters. The van der Waals surface area contributed by atoms with Gasteiger partial charge in [0, 0.05) is 12.1 Å². The zero-order valence-electron chi connectivity index (χ0n) is 13.3. The molecular weight excluding hydrogens is 346 g/mol. The Labute approximate surface area is 149 Å². The van der Waals surface area contributed by atoms with Crippen LogP contribution in [0.2, 0.25) is 4.34 Å². The van der Waals surface area contributed by atoms with Gasteiger partial charge in [-0.3, -0.25) is 9.59 Å². The van der Waals surface area contributed by atoms with Gasteiger partial charge in [-0.25, -0.2) is 0 Å². The molecular formula is C18H18ClNO3S. The zero-order valence-corrected chi connectivity index (χ0v) is 14.9. The van der Waals surface area contributed by atoms with Crippen molar-refractivity contribution >= 4 is 40.3 Å². The minimum Gasteiger partial charge on any atom is -0.375 e. The summed E-state index contributed by atoms with van der Waals surface area (Å²) >= 11 is 7.03. The monoisotopic (exact) mass is 363 g/mol. The number of hydrogen-bond acceptors (Lipinski definition) is 4. The molecule has 3 rings (SSSR count). The first kappa shape index (κ1) is 17.1. The molecule has 0 radical (unpaired) electrons. The lowest BCUT2D eigenvalue weighted by atomic mass is 9.89. The van der Waals surface area contributed by atoms with Gasteiger partial charge in [0.25, 0.3) is 5.91 Å². The zero-order chi connectivity index (χ0) is 17.3. The number of nitrogens with zero attached hydrogens (tertiary/aromatic N) is 1. The molecule has 1 aliphatic heterocycles. The molecule has 0 aliphatic carbocycles. The van der Waals surface area contributed by atoms with Crippen LogP contribution in [0.3, 0.4) is 0 Å². The van der Waals surface area contributed by atoms with Gasteiger partial charge in [0.2, 0.25) is 0 Å². The number of fused-ring (bicyclic) bond motifs is 1. The molecule has 6 heteroatoms. The molecule has 2 aromatic rings. The molecule has 1 aromatic carbocycles. The number of aliphatic hydroxyl groups is 1. The largest absolute Gasteiger partial charge is 0.375 e. The predicted molar refractivity (Wildman–Crippen MR) is 95.9 cm³/mol. The van der Waals surface area contributed by atoms with Crippen LogP contribution in [0.1, 0.15) is 41.4 Å².